The molecule has 0 aliphatic carbocycles. The molecule has 1 N–H and O–H groups in total. The van der Waals surface area contributed by atoms with Crippen LogP contribution in [0, 0.1) is 6.92 Å². The van der Waals surface area contributed by atoms with Gasteiger partial charge in [-0.1, -0.05) is 43.9 Å². The highest BCUT2D eigenvalue weighted by atomic mass is 32.2. The van der Waals surface area contributed by atoms with Crippen LogP contribution < -0.4 is 10.5 Å². The summed E-state index contributed by atoms with van der Waals surface area (Å²) in [6, 6.07) is 3.67. The first kappa shape index (κ1) is 23.0. The van der Waals surface area contributed by atoms with Crippen molar-refractivity contribution in [3.8, 4) is 0 Å². The topological polar surface area (TPSA) is 95.2 Å². The van der Waals surface area contributed by atoms with E-state index >= 15 is 0 Å². The molecule has 164 valence electrons. The Labute approximate surface area is 189 Å². The van der Waals surface area contributed by atoms with Crippen molar-refractivity contribution < 1.29 is 14.7 Å². The number of aryl methyl sites for hydroxylation is 1. The van der Waals surface area contributed by atoms with Gasteiger partial charge < -0.3 is 10.0 Å². The number of fused-ring (bicyclic) bond motifs is 1. The quantitative estimate of drug-likeness (QED) is 0.475. The molecule has 0 bridgehead atoms. The third-order valence-corrected chi connectivity index (χ3v) is 6.17. The molecule has 2 aromatic heterocycles. The average Bonchev–Trinajstić information content (AvgIpc) is 2.97. The Hall–Kier alpha value is -2.72. The van der Waals surface area contributed by atoms with Crippen LogP contribution in [0.5, 0.6) is 0 Å². The number of aromatic nitrogens is 2. The number of carbonyl (C=O) groups is 2. The number of carboxylic acid groups (broad SMARTS) is 1. The maximum atomic E-state index is 13.4. The molecule has 1 saturated heterocycles. The largest absolute Gasteiger partial charge is 0.480 e. The van der Waals surface area contributed by atoms with Gasteiger partial charge in [0.1, 0.15) is 22.3 Å². The number of aliphatic carboxylic acids is 1. The summed E-state index contributed by atoms with van der Waals surface area (Å²) >= 11 is 6.17. The lowest BCUT2D eigenvalue weighted by Crippen LogP contribution is -2.33. The zero-order chi connectivity index (χ0) is 22.7. The third kappa shape index (κ3) is 4.64. The van der Waals surface area contributed by atoms with Crippen molar-refractivity contribution >= 4 is 57.7 Å². The highest BCUT2D eigenvalue weighted by Gasteiger charge is 2.34. The summed E-state index contributed by atoms with van der Waals surface area (Å²) in [6.45, 7) is 6.91. The Balaban J connectivity index is 2.22. The Kier molecular flexibility index (Phi) is 7.11. The number of carboxylic acids is 1. The summed E-state index contributed by atoms with van der Waals surface area (Å²) in [5, 5.41) is 9.06. The lowest BCUT2D eigenvalue weighted by Gasteiger charge is -2.25. The van der Waals surface area contributed by atoms with E-state index in [0.29, 0.717) is 30.1 Å². The minimum atomic E-state index is -1.15. The third-order valence-electron chi connectivity index (χ3n) is 4.79. The molecule has 0 unspecified atom stereocenters. The van der Waals surface area contributed by atoms with Crippen LogP contribution in [0.2, 0.25) is 0 Å². The van der Waals surface area contributed by atoms with Crippen LogP contribution in [0.1, 0.15) is 37.8 Å². The van der Waals surface area contributed by atoms with Crippen molar-refractivity contribution in [1.29, 1.82) is 0 Å². The van der Waals surface area contributed by atoms with Crippen LogP contribution in [0.4, 0.5) is 5.82 Å². The fraction of sp³-hybridized carbons (Fsp3) is 0.381. The molecular weight excluding hydrogens is 436 g/mol. The van der Waals surface area contributed by atoms with Gasteiger partial charge >= 0.3 is 5.97 Å². The van der Waals surface area contributed by atoms with Crippen LogP contribution in [0.3, 0.4) is 0 Å². The standard InChI is InChI=1S/C21H24N4O4S2/c1-4-8-23(9-5-2)18-14(19(28)24-10-6-7-13(3)17(24)22-18)11-15-20(29)25(12-16(26)27)21(30)31-15/h6-7,10-11H,4-5,8-9,12H2,1-3H3,(H,26,27). The van der Waals surface area contributed by atoms with Gasteiger partial charge in [-0.2, -0.15) is 0 Å². The van der Waals surface area contributed by atoms with Crippen LogP contribution in [0.25, 0.3) is 11.7 Å². The van der Waals surface area contributed by atoms with Crippen LogP contribution in [0.15, 0.2) is 28.0 Å². The van der Waals surface area contributed by atoms with Gasteiger partial charge in [-0.05, 0) is 37.5 Å². The minimum absolute atomic E-state index is 0.156. The Morgan fingerprint density at radius 1 is 1.29 bits per heavy atom. The van der Waals surface area contributed by atoms with Gasteiger partial charge in [-0.15, -0.1) is 0 Å². The Bertz CT molecular complexity index is 1140. The highest BCUT2D eigenvalue weighted by molar-refractivity contribution is 8.26. The van der Waals surface area contributed by atoms with Crippen molar-refractivity contribution in [3.63, 3.8) is 0 Å². The van der Waals surface area contributed by atoms with Gasteiger partial charge in [0.25, 0.3) is 11.5 Å². The van der Waals surface area contributed by atoms with Crippen molar-refractivity contribution in [2.75, 3.05) is 24.5 Å². The predicted molar refractivity (Wildman–Crippen MR) is 127 cm³/mol. The number of amides is 1. The lowest BCUT2D eigenvalue weighted by atomic mass is 10.2. The second-order valence-corrected chi connectivity index (χ2v) is 8.86. The zero-order valence-corrected chi connectivity index (χ0v) is 19.3. The Morgan fingerprint density at radius 3 is 2.58 bits per heavy atom. The summed E-state index contributed by atoms with van der Waals surface area (Å²) in [6.07, 6.45) is 4.89. The summed E-state index contributed by atoms with van der Waals surface area (Å²) in [7, 11) is 0. The number of anilines is 1. The first-order valence-corrected chi connectivity index (χ1v) is 11.2. The van der Waals surface area contributed by atoms with E-state index in [1.165, 1.54) is 10.5 Å². The van der Waals surface area contributed by atoms with E-state index in [9.17, 15) is 14.4 Å². The predicted octanol–water partition coefficient (Wildman–Crippen LogP) is 2.92. The number of thiocarbonyl (C=S) groups is 1. The van der Waals surface area contributed by atoms with Gasteiger partial charge in [0.15, 0.2) is 0 Å². The fourth-order valence-corrected chi connectivity index (χ4v) is 4.67. The molecular formula is C21H24N4O4S2. The first-order valence-electron chi connectivity index (χ1n) is 10.0. The molecule has 3 heterocycles. The highest BCUT2D eigenvalue weighted by Crippen LogP contribution is 2.33. The van der Waals surface area contributed by atoms with Crippen LogP contribution in [-0.2, 0) is 9.59 Å². The summed E-state index contributed by atoms with van der Waals surface area (Å²) in [4.78, 5) is 45.4. The average molecular weight is 461 g/mol. The number of hydrogen-bond acceptors (Lipinski definition) is 7. The molecule has 1 fully saturated rings. The number of hydrogen-bond donors (Lipinski definition) is 1. The van der Waals surface area contributed by atoms with Gasteiger partial charge in [-0.25, -0.2) is 4.98 Å². The number of nitrogens with zero attached hydrogens (tertiary/aromatic N) is 4. The van der Waals surface area contributed by atoms with Crippen molar-refractivity contribution in [2.24, 2.45) is 0 Å². The molecule has 10 heteroatoms. The summed E-state index contributed by atoms with van der Waals surface area (Å²) in [5.74, 6) is -1.15. The van der Waals surface area contributed by atoms with Crippen molar-refractivity contribution in [2.45, 2.75) is 33.6 Å². The molecule has 3 rings (SSSR count). The number of rotatable bonds is 8. The number of thioether (sulfide) groups is 1. The van der Waals surface area contributed by atoms with E-state index < -0.39 is 18.4 Å². The monoisotopic (exact) mass is 460 g/mol. The summed E-state index contributed by atoms with van der Waals surface area (Å²) in [5.41, 5.74) is 1.44. The maximum Gasteiger partial charge on any atom is 0.323 e. The van der Waals surface area contributed by atoms with Gasteiger partial charge in [0.2, 0.25) is 0 Å². The van der Waals surface area contributed by atoms with Gasteiger partial charge in [0.05, 0.1) is 10.5 Å². The number of carbonyl (C=O) groups excluding carboxylic acids is 1. The van der Waals surface area contributed by atoms with E-state index in [2.05, 4.69) is 18.7 Å². The van der Waals surface area contributed by atoms with Crippen LogP contribution in [-0.4, -0.2) is 55.2 Å². The van der Waals surface area contributed by atoms with Gasteiger partial charge in [-0.3, -0.25) is 23.7 Å². The van der Waals surface area contributed by atoms with E-state index in [4.69, 9.17) is 22.3 Å². The lowest BCUT2D eigenvalue weighted by molar-refractivity contribution is -0.140. The molecule has 1 amide bonds. The molecule has 0 spiro atoms. The molecule has 0 saturated carbocycles. The van der Waals surface area contributed by atoms with Crippen LogP contribution >= 0.6 is 24.0 Å². The zero-order valence-electron chi connectivity index (χ0n) is 17.6. The summed E-state index contributed by atoms with van der Waals surface area (Å²) < 4.78 is 1.63. The fourth-order valence-electron chi connectivity index (χ4n) is 3.43. The molecule has 1 aliphatic heterocycles. The molecule has 1 aliphatic rings. The molecule has 31 heavy (non-hydrogen) atoms. The molecule has 8 nitrogen and oxygen atoms in total. The van der Waals surface area contributed by atoms with E-state index in [0.717, 1.165) is 35.1 Å². The van der Waals surface area contributed by atoms with E-state index in [1.807, 2.05) is 13.0 Å². The second-order valence-electron chi connectivity index (χ2n) is 7.19. The van der Waals surface area contributed by atoms with Crippen molar-refractivity contribution in [1.82, 2.24) is 14.3 Å². The van der Waals surface area contributed by atoms with E-state index in [-0.39, 0.29) is 14.8 Å². The van der Waals surface area contributed by atoms with E-state index in [1.54, 1.807) is 12.3 Å². The molecule has 0 aromatic carbocycles. The molecule has 0 atom stereocenters. The number of pyridine rings is 1. The Morgan fingerprint density at radius 2 is 1.97 bits per heavy atom. The second kappa shape index (κ2) is 9.61. The van der Waals surface area contributed by atoms with Crippen molar-refractivity contribution in [3.05, 3.63) is 44.7 Å². The minimum Gasteiger partial charge on any atom is -0.480 e. The molecule has 2 aromatic rings. The first-order chi connectivity index (χ1) is 14.8. The molecule has 0 radical (unpaired) electrons. The van der Waals surface area contributed by atoms with Gasteiger partial charge in [0, 0.05) is 19.3 Å². The maximum absolute atomic E-state index is 13.4. The SMILES string of the molecule is CCCN(CCC)c1nc2c(C)cccn2c(=O)c1C=C1SC(=S)N(CC(=O)O)C1=O. The smallest absolute Gasteiger partial charge is 0.323 e. The normalized spacial score (nSPS) is 15.3.